The molecule has 0 aliphatic carbocycles. The van der Waals surface area contributed by atoms with E-state index in [1.54, 1.807) is 12.1 Å². The first-order valence-corrected chi connectivity index (χ1v) is 5.51. The summed E-state index contributed by atoms with van der Waals surface area (Å²) in [5, 5.41) is 0. The van der Waals surface area contributed by atoms with Gasteiger partial charge in [-0.2, -0.15) is 0 Å². The molecule has 0 aromatic heterocycles. The summed E-state index contributed by atoms with van der Waals surface area (Å²) in [5.41, 5.74) is 14.6. The first-order valence-electron chi connectivity index (χ1n) is 5.51. The molecule has 0 heterocycles. The van der Waals surface area contributed by atoms with Crippen molar-refractivity contribution in [2.75, 3.05) is 11.5 Å². The van der Waals surface area contributed by atoms with Crippen LogP contribution >= 0.6 is 0 Å². The number of nitrogen functional groups attached to an aromatic ring is 2. The van der Waals surface area contributed by atoms with Crippen molar-refractivity contribution in [3.63, 3.8) is 0 Å². The van der Waals surface area contributed by atoms with E-state index < -0.39 is 5.97 Å². The molecule has 0 aliphatic rings. The zero-order chi connectivity index (χ0) is 13.1. The molecule has 0 unspecified atom stereocenters. The Morgan fingerprint density at radius 2 is 1.78 bits per heavy atom. The lowest BCUT2D eigenvalue weighted by molar-refractivity contribution is -0.131. The van der Waals surface area contributed by atoms with Crippen LogP contribution in [0.3, 0.4) is 0 Å². The number of benzene rings is 2. The van der Waals surface area contributed by atoms with Gasteiger partial charge in [0, 0.05) is 18.2 Å². The van der Waals surface area contributed by atoms with Crippen LogP contribution in [0.15, 0.2) is 42.5 Å². The van der Waals surface area contributed by atoms with Crippen molar-refractivity contribution >= 4 is 17.3 Å². The van der Waals surface area contributed by atoms with Gasteiger partial charge in [-0.3, -0.25) is 4.79 Å². The van der Waals surface area contributed by atoms with Crippen molar-refractivity contribution in [1.29, 1.82) is 0 Å². The molecule has 4 N–H and O–H groups in total. The fourth-order valence-electron chi connectivity index (χ4n) is 1.72. The molecule has 0 bridgehead atoms. The lowest BCUT2D eigenvalue weighted by Crippen LogP contribution is -2.04. The third-order valence-corrected chi connectivity index (χ3v) is 2.54. The van der Waals surface area contributed by atoms with Gasteiger partial charge < -0.3 is 16.2 Å². The van der Waals surface area contributed by atoms with Crippen molar-refractivity contribution < 1.29 is 9.53 Å². The molecule has 18 heavy (non-hydrogen) atoms. The quantitative estimate of drug-likeness (QED) is 0.481. The van der Waals surface area contributed by atoms with Crippen molar-refractivity contribution in [3.05, 3.63) is 42.5 Å². The average Bonchev–Trinajstić information content (AvgIpc) is 2.32. The number of esters is 1. The highest BCUT2D eigenvalue weighted by Gasteiger charge is 2.07. The summed E-state index contributed by atoms with van der Waals surface area (Å²) in [6.07, 6.45) is 0. The largest absolute Gasteiger partial charge is 0.425 e. The molecule has 0 radical (unpaired) electrons. The van der Waals surface area contributed by atoms with Crippen LogP contribution in [-0.4, -0.2) is 5.97 Å². The molecule has 0 atom stereocenters. The Hall–Kier alpha value is -2.49. The third-order valence-electron chi connectivity index (χ3n) is 2.54. The maximum absolute atomic E-state index is 10.9. The SMILES string of the molecule is CC(=O)Oc1ccc(-c2ccccc2N)cc1N. The van der Waals surface area contributed by atoms with Gasteiger partial charge in [0.05, 0.1) is 5.69 Å². The molecule has 4 nitrogen and oxygen atoms in total. The van der Waals surface area contributed by atoms with Crippen LogP contribution in [0.1, 0.15) is 6.92 Å². The minimum atomic E-state index is -0.395. The molecule has 2 rings (SSSR count). The Bertz CT molecular complexity index is 594. The number of carbonyl (C=O) groups is 1. The molecular weight excluding hydrogens is 228 g/mol. The number of anilines is 2. The minimum Gasteiger partial charge on any atom is -0.425 e. The molecule has 0 aliphatic heterocycles. The maximum Gasteiger partial charge on any atom is 0.308 e. The zero-order valence-corrected chi connectivity index (χ0v) is 10.0. The van der Waals surface area contributed by atoms with Gasteiger partial charge in [0.1, 0.15) is 0 Å². The number of ether oxygens (including phenoxy) is 1. The molecular formula is C14H14N2O2. The Morgan fingerprint density at radius 3 is 2.39 bits per heavy atom. The Morgan fingerprint density at radius 1 is 1.06 bits per heavy atom. The van der Waals surface area contributed by atoms with Gasteiger partial charge in [0.25, 0.3) is 0 Å². The predicted molar refractivity (Wildman–Crippen MR) is 72.0 cm³/mol. The maximum atomic E-state index is 10.9. The number of hydrogen-bond acceptors (Lipinski definition) is 4. The second-order valence-electron chi connectivity index (χ2n) is 3.93. The molecule has 2 aromatic carbocycles. The first-order chi connectivity index (χ1) is 8.58. The Balaban J connectivity index is 2.40. The zero-order valence-electron chi connectivity index (χ0n) is 10.0. The Labute approximate surface area is 105 Å². The minimum absolute atomic E-state index is 0.362. The average molecular weight is 242 g/mol. The van der Waals surface area contributed by atoms with E-state index in [1.807, 2.05) is 30.3 Å². The highest BCUT2D eigenvalue weighted by molar-refractivity contribution is 5.80. The predicted octanol–water partition coefficient (Wildman–Crippen LogP) is 2.44. The van der Waals surface area contributed by atoms with Crippen LogP contribution in [0.25, 0.3) is 11.1 Å². The lowest BCUT2D eigenvalue weighted by Gasteiger charge is -2.09. The Kier molecular flexibility index (Phi) is 3.19. The summed E-state index contributed by atoms with van der Waals surface area (Å²) in [7, 11) is 0. The van der Waals surface area contributed by atoms with Crippen LogP contribution in [-0.2, 0) is 4.79 Å². The smallest absolute Gasteiger partial charge is 0.308 e. The summed E-state index contributed by atoms with van der Waals surface area (Å²) in [6, 6.07) is 12.7. The van der Waals surface area contributed by atoms with Gasteiger partial charge in [-0.15, -0.1) is 0 Å². The molecule has 0 amide bonds. The second-order valence-corrected chi connectivity index (χ2v) is 3.93. The highest BCUT2D eigenvalue weighted by Crippen LogP contribution is 2.31. The van der Waals surface area contributed by atoms with Crippen LogP contribution in [0, 0.1) is 0 Å². The molecule has 2 aromatic rings. The number of carbonyl (C=O) groups excluding carboxylic acids is 1. The van der Waals surface area contributed by atoms with E-state index in [0.717, 1.165) is 11.1 Å². The van der Waals surface area contributed by atoms with E-state index in [1.165, 1.54) is 6.92 Å². The fourth-order valence-corrected chi connectivity index (χ4v) is 1.72. The highest BCUT2D eigenvalue weighted by atomic mass is 16.5. The van der Waals surface area contributed by atoms with Crippen LogP contribution < -0.4 is 16.2 Å². The number of nitrogens with two attached hydrogens (primary N) is 2. The van der Waals surface area contributed by atoms with Gasteiger partial charge >= 0.3 is 5.97 Å². The molecule has 4 heteroatoms. The van der Waals surface area contributed by atoms with Crippen LogP contribution in [0.4, 0.5) is 11.4 Å². The lowest BCUT2D eigenvalue weighted by atomic mass is 10.0. The molecule has 0 saturated carbocycles. The van der Waals surface area contributed by atoms with E-state index in [2.05, 4.69) is 0 Å². The molecule has 0 fully saturated rings. The van der Waals surface area contributed by atoms with Crippen molar-refractivity contribution in [3.8, 4) is 16.9 Å². The summed E-state index contributed by atoms with van der Waals surface area (Å²) < 4.78 is 4.97. The fraction of sp³-hybridized carbons (Fsp3) is 0.0714. The van der Waals surface area contributed by atoms with Crippen molar-refractivity contribution in [2.24, 2.45) is 0 Å². The van der Waals surface area contributed by atoms with Gasteiger partial charge in [0.2, 0.25) is 0 Å². The molecule has 0 spiro atoms. The second kappa shape index (κ2) is 4.79. The third kappa shape index (κ3) is 2.43. The summed E-state index contributed by atoms with van der Waals surface area (Å²) in [4.78, 5) is 10.9. The molecule has 92 valence electrons. The van der Waals surface area contributed by atoms with E-state index in [-0.39, 0.29) is 0 Å². The number of rotatable bonds is 2. The van der Waals surface area contributed by atoms with E-state index in [4.69, 9.17) is 16.2 Å². The van der Waals surface area contributed by atoms with E-state index >= 15 is 0 Å². The number of hydrogen-bond donors (Lipinski definition) is 2. The van der Waals surface area contributed by atoms with Crippen LogP contribution in [0.2, 0.25) is 0 Å². The van der Waals surface area contributed by atoms with Gasteiger partial charge in [-0.1, -0.05) is 24.3 Å². The standard InChI is InChI=1S/C14H14N2O2/c1-9(17)18-14-7-6-10(8-13(14)16)11-4-2-3-5-12(11)15/h2-8H,15-16H2,1H3. The monoisotopic (exact) mass is 242 g/mol. The van der Waals surface area contributed by atoms with Gasteiger partial charge in [-0.05, 0) is 23.8 Å². The van der Waals surface area contributed by atoms with E-state index in [9.17, 15) is 4.79 Å². The topological polar surface area (TPSA) is 78.3 Å². The number of para-hydroxylation sites is 1. The summed E-state index contributed by atoms with van der Waals surface area (Å²) in [5.74, 6) is -0.0329. The van der Waals surface area contributed by atoms with Crippen LogP contribution in [0.5, 0.6) is 5.75 Å². The summed E-state index contributed by atoms with van der Waals surface area (Å²) in [6.45, 7) is 1.34. The normalized spacial score (nSPS) is 10.1. The summed E-state index contributed by atoms with van der Waals surface area (Å²) >= 11 is 0. The van der Waals surface area contributed by atoms with Crippen molar-refractivity contribution in [1.82, 2.24) is 0 Å². The van der Waals surface area contributed by atoms with E-state index in [0.29, 0.717) is 17.1 Å². The van der Waals surface area contributed by atoms with Crippen molar-refractivity contribution in [2.45, 2.75) is 6.92 Å². The first kappa shape index (κ1) is 12.0. The molecule has 0 saturated heterocycles. The van der Waals surface area contributed by atoms with Gasteiger partial charge in [-0.25, -0.2) is 0 Å². The van der Waals surface area contributed by atoms with Gasteiger partial charge in [0.15, 0.2) is 5.75 Å².